The van der Waals surface area contributed by atoms with Crippen molar-refractivity contribution in [1.29, 1.82) is 0 Å². The van der Waals surface area contributed by atoms with Crippen molar-refractivity contribution in [2.24, 2.45) is 0 Å². The SMILES string of the molecule is CCCCCCCCCc1ccc(OCCOCCOCCOCCOCCOCCOCCC(=O)Oc2c(F)c(F)c(F)c(F)c2F)cc1. The van der Waals surface area contributed by atoms with Crippen LogP contribution in [0.2, 0.25) is 0 Å². The first-order valence-electron chi connectivity index (χ1n) is 17.2. The molecule has 0 amide bonds. The highest BCUT2D eigenvalue weighted by Crippen LogP contribution is 2.29. The molecule has 0 atom stereocenters. The molecule has 0 N–H and O–H groups in total. The molecule has 0 saturated heterocycles. The van der Waals surface area contributed by atoms with Crippen molar-refractivity contribution in [2.75, 3.05) is 85.9 Å². The second-order valence-electron chi connectivity index (χ2n) is 11.2. The van der Waals surface area contributed by atoms with E-state index in [1.54, 1.807) is 0 Å². The molecular formula is C36H51F5O9. The first kappa shape index (κ1) is 43.3. The number of unbranched alkanes of at least 4 members (excludes halogenated alkanes) is 6. The topological polar surface area (TPSA) is 90.9 Å². The second kappa shape index (κ2) is 27.8. The van der Waals surface area contributed by atoms with Crippen LogP contribution in [0, 0.1) is 29.1 Å². The summed E-state index contributed by atoms with van der Waals surface area (Å²) in [6.07, 6.45) is 9.82. The van der Waals surface area contributed by atoms with Crippen molar-refractivity contribution in [3.05, 3.63) is 58.9 Å². The lowest BCUT2D eigenvalue weighted by atomic mass is 10.0. The van der Waals surface area contributed by atoms with Gasteiger partial charge in [0.15, 0.2) is 0 Å². The summed E-state index contributed by atoms with van der Waals surface area (Å²) in [5.74, 6) is -13.3. The van der Waals surface area contributed by atoms with Crippen LogP contribution in [0.1, 0.15) is 63.9 Å². The van der Waals surface area contributed by atoms with Gasteiger partial charge in [0.1, 0.15) is 12.4 Å². The number of carbonyl (C=O) groups excluding carboxylic acids is 1. The summed E-state index contributed by atoms with van der Waals surface area (Å²) in [6, 6.07) is 8.30. The molecule has 9 nitrogen and oxygen atoms in total. The highest BCUT2D eigenvalue weighted by Gasteiger charge is 2.28. The molecular weight excluding hydrogens is 671 g/mol. The molecule has 0 aromatic heterocycles. The number of hydrogen-bond donors (Lipinski definition) is 0. The van der Waals surface area contributed by atoms with Crippen molar-refractivity contribution in [2.45, 2.75) is 64.7 Å². The zero-order chi connectivity index (χ0) is 36.2. The normalized spacial score (nSPS) is 11.3. The molecule has 0 fully saturated rings. The van der Waals surface area contributed by atoms with Gasteiger partial charge in [-0.3, -0.25) is 4.79 Å². The first-order valence-corrected chi connectivity index (χ1v) is 17.2. The second-order valence-corrected chi connectivity index (χ2v) is 11.2. The largest absolute Gasteiger partial charge is 0.491 e. The molecule has 2 aromatic carbocycles. The lowest BCUT2D eigenvalue weighted by Gasteiger charge is -2.09. The highest BCUT2D eigenvalue weighted by molar-refractivity contribution is 5.72. The van der Waals surface area contributed by atoms with Crippen LogP contribution in [-0.2, 0) is 39.6 Å². The minimum atomic E-state index is -2.34. The summed E-state index contributed by atoms with van der Waals surface area (Å²) in [5, 5.41) is 0. The molecule has 0 radical (unpaired) electrons. The molecule has 0 aliphatic carbocycles. The van der Waals surface area contributed by atoms with Crippen LogP contribution in [-0.4, -0.2) is 91.9 Å². The predicted molar refractivity (Wildman–Crippen MR) is 175 cm³/mol. The third-order valence-electron chi connectivity index (χ3n) is 7.18. The molecule has 0 aliphatic heterocycles. The third kappa shape index (κ3) is 18.9. The van der Waals surface area contributed by atoms with Crippen molar-refractivity contribution < 1.29 is 64.6 Å². The van der Waals surface area contributed by atoms with E-state index in [2.05, 4.69) is 23.8 Å². The third-order valence-corrected chi connectivity index (χ3v) is 7.18. The van der Waals surface area contributed by atoms with Gasteiger partial charge in [-0.05, 0) is 30.5 Å². The Bertz CT molecular complexity index is 1160. The zero-order valence-electron chi connectivity index (χ0n) is 28.9. The van der Waals surface area contributed by atoms with E-state index in [9.17, 15) is 26.7 Å². The van der Waals surface area contributed by atoms with Crippen LogP contribution in [0.3, 0.4) is 0 Å². The number of halogens is 5. The van der Waals surface area contributed by atoms with Gasteiger partial charge in [0, 0.05) is 0 Å². The average molecular weight is 723 g/mol. The van der Waals surface area contributed by atoms with Gasteiger partial charge < -0.3 is 37.9 Å². The molecule has 0 spiro atoms. The minimum Gasteiger partial charge on any atom is -0.491 e. The van der Waals surface area contributed by atoms with Crippen LogP contribution in [0.15, 0.2) is 24.3 Å². The van der Waals surface area contributed by atoms with Gasteiger partial charge >= 0.3 is 5.97 Å². The number of aryl methyl sites for hydroxylation is 1. The van der Waals surface area contributed by atoms with Gasteiger partial charge in [-0.15, -0.1) is 0 Å². The van der Waals surface area contributed by atoms with E-state index in [0.717, 1.165) is 12.2 Å². The quantitative estimate of drug-likeness (QED) is 0.0201. The molecule has 0 bridgehead atoms. The molecule has 0 aliphatic rings. The number of benzene rings is 2. The summed E-state index contributed by atoms with van der Waals surface area (Å²) in [6.45, 7) is 6.38. The molecule has 0 heterocycles. The Morgan fingerprint density at radius 1 is 0.500 bits per heavy atom. The summed E-state index contributed by atoms with van der Waals surface area (Å²) in [7, 11) is 0. The van der Waals surface area contributed by atoms with Gasteiger partial charge in [0.25, 0.3) is 0 Å². The Morgan fingerprint density at radius 2 is 0.900 bits per heavy atom. The Kier molecular flexibility index (Phi) is 24.1. The Labute approximate surface area is 291 Å². The number of ether oxygens (including phenoxy) is 8. The maximum Gasteiger partial charge on any atom is 0.313 e. The summed E-state index contributed by atoms with van der Waals surface area (Å²) >= 11 is 0. The van der Waals surface area contributed by atoms with Gasteiger partial charge in [-0.2, -0.15) is 8.78 Å². The average Bonchev–Trinajstić information content (AvgIpc) is 3.12. The van der Waals surface area contributed by atoms with Gasteiger partial charge in [-0.1, -0.05) is 57.6 Å². The summed E-state index contributed by atoms with van der Waals surface area (Å²) < 4.78 is 109. The molecule has 2 aromatic rings. The fourth-order valence-electron chi connectivity index (χ4n) is 4.45. The van der Waals surface area contributed by atoms with E-state index in [0.29, 0.717) is 59.5 Å². The molecule has 284 valence electrons. The van der Waals surface area contributed by atoms with Crippen molar-refractivity contribution >= 4 is 5.97 Å². The maximum absolute atomic E-state index is 13.5. The van der Waals surface area contributed by atoms with Gasteiger partial charge in [0.2, 0.25) is 34.8 Å². The fraction of sp³-hybridized carbons (Fsp3) is 0.639. The van der Waals surface area contributed by atoms with E-state index in [-0.39, 0.29) is 26.4 Å². The monoisotopic (exact) mass is 722 g/mol. The standard InChI is InChI=1S/C36H51F5O9/c1-2-3-4-5-6-7-8-9-28-10-12-29(13-11-28)49-27-26-48-25-24-47-23-22-46-21-20-45-19-18-44-17-16-43-15-14-30(42)50-36-34(40)32(38)31(37)33(39)35(36)41/h10-13H,2-9,14-27H2,1H3. The number of hydrogen-bond acceptors (Lipinski definition) is 9. The predicted octanol–water partition coefficient (Wildman–Crippen LogP) is 7.15. The van der Waals surface area contributed by atoms with Crippen LogP contribution in [0.4, 0.5) is 22.0 Å². The Morgan fingerprint density at radius 3 is 1.38 bits per heavy atom. The van der Waals surface area contributed by atoms with E-state index >= 15 is 0 Å². The minimum absolute atomic E-state index is 0.0889. The van der Waals surface area contributed by atoms with Crippen LogP contribution in [0.5, 0.6) is 11.5 Å². The van der Waals surface area contributed by atoms with Crippen molar-refractivity contribution in [1.82, 2.24) is 0 Å². The van der Waals surface area contributed by atoms with E-state index in [1.807, 2.05) is 12.1 Å². The van der Waals surface area contributed by atoms with E-state index in [4.69, 9.17) is 33.2 Å². The highest BCUT2D eigenvalue weighted by atomic mass is 19.2. The smallest absolute Gasteiger partial charge is 0.313 e. The molecule has 50 heavy (non-hydrogen) atoms. The van der Waals surface area contributed by atoms with Gasteiger partial charge in [0.05, 0.1) is 85.7 Å². The first-order chi connectivity index (χ1) is 24.3. The molecule has 0 saturated carbocycles. The summed E-state index contributed by atoms with van der Waals surface area (Å²) in [4.78, 5) is 11.7. The van der Waals surface area contributed by atoms with E-state index < -0.39 is 47.2 Å². The molecule has 14 heteroatoms. The number of carbonyl (C=O) groups is 1. The summed E-state index contributed by atoms with van der Waals surface area (Å²) in [5.41, 5.74) is 1.35. The zero-order valence-corrected chi connectivity index (χ0v) is 28.9. The lowest BCUT2D eigenvalue weighted by Crippen LogP contribution is -2.16. The van der Waals surface area contributed by atoms with Crippen molar-refractivity contribution in [3.8, 4) is 11.5 Å². The molecule has 2 rings (SSSR count). The van der Waals surface area contributed by atoms with Gasteiger partial charge in [-0.25, -0.2) is 13.2 Å². The fourth-order valence-corrected chi connectivity index (χ4v) is 4.45. The Balaban J connectivity index is 1.29. The van der Waals surface area contributed by atoms with Crippen molar-refractivity contribution in [3.63, 3.8) is 0 Å². The van der Waals surface area contributed by atoms with Crippen LogP contribution in [0.25, 0.3) is 0 Å². The number of rotatable bonds is 31. The number of esters is 1. The Hall–Kier alpha value is -2.88. The van der Waals surface area contributed by atoms with Crippen LogP contribution >= 0.6 is 0 Å². The van der Waals surface area contributed by atoms with Crippen LogP contribution < -0.4 is 9.47 Å². The molecule has 0 unspecified atom stereocenters. The lowest BCUT2D eigenvalue weighted by molar-refractivity contribution is -0.136. The van der Waals surface area contributed by atoms with E-state index in [1.165, 1.54) is 50.5 Å². The maximum atomic E-state index is 13.5.